The molecule has 0 aliphatic carbocycles. The number of hydrogen-bond acceptors (Lipinski definition) is 7. The summed E-state index contributed by atoms with van der Waals surface area (Å²) in [6.07, 6.45) is 6.60. The maximum atomic E-state index is 15.4. The molecule has 276 valence electrons. The molecule has 3 aromatic carbocycles. The summed E-state index contributed by atoms with van der Waals surface area (Å²) in [5.41, 5.74) is 2.61. The number of anilines is 1. The molecule has 1 N–H and O–H groups in total. The van der Waals surface area contributed by atoms with Crippen LogP contribution in [0.3, 0.4) is 0 Å². The number of amides is 3. The molecule has 4 aliphatic rings. The molecule has 10 nitrogen and oxygen atoms in total. The van der Waals surface area contributed by atoms with E-state index in [9.17, 15) is 14.7 Å². The zero-order valence-corrected chi connectivity index (χ0v) is 30.6. The minimum absolute atomic E-state index is 0.116. The fourth-order valence-corrected chi connectivity index (χ4v) is 8.55. The highest BCUT2D eigenvalue weighted by Gasteiger charge is 2.74. The Kier molecular flexibility index (Phi) is 10.1. The van der Waals surface area contributed by atoms with Crippen molar-refractivity contribution in [3.63, 3.8) is 0 Å². The van der Waals surface area contributed by atoms with Gasteiger partial charge in [-0.1, -0.05) is 97.1 Å². The van der Waals surface area contributed by atoms with Gasteiger partial charge in [-0.05, 0) is 61.9 Å². The quantitative estimate of drug-likeness (QED) is 0.286. The Labute approximate surface area is 310 Å². The number of rotatable bonds is 6. The number of likely N-dealkylation sites (tertiary alicyclic amines) is 1. The molecule has 3 amide bonds. The van der Waals surface area contributed by atoms with Gasteiger partial charge in [0.05, 0.1) is 30.7 Å². The molecular formula is C43H47N3O7. The standard InChI is InChI=1S/C43H47N3O7/c1-27-19-20-28(2)33(24-27)45-23-13-7-12-18-35(48)44(4)29(3)38(31-16-10-6-11-17-31)52-42(51)36-34-21-22-43(53-34)37(36)40(49)46(39(43)41(45)50)32(26-47)25-30-14-8-5-9-15-30/h5-11,13-17,19-22,24,29,32,34,36-39,47H,12,18,23,25-26H2,1-4H3/b13-7-/t29-,32+,34+,36-,37-,38+,39+,43-/m0/s1. The number of aryl methyl sites for hydroxylation is 2. The largest absolute Gasteiger partial charge is 0.455 e. The van der Waals surface area contributed by atoms with Crippen LogP contribution in [0.4, 0.5) is 5.69 Å². The van der Waals surface area contributed by atoms with Crippen molar-refractivity contribution in [2.45, 2.75) is 76.0 Å². The van der Waals surface area contributed by atoms with E-state index in [-0.39, 0.29) is 31.2 Å². The molecule has 7 rings (SSSR count). The van der Waals surface area contributed by atoms with Crippen LogP contribution in [0.15, 0.2) is 103 Å². The minimum Gasteiger partial charge on any atom is -0.455 e. The van der Waals surface area contributed by atoms with Gasteiger partial charge in [0.2, 0.25) is 11.8 Å². The Bertz CT molecular complexity index is 1930. The fraction of sp³-hybridized carbons (Fsp3) is 0.395. The SMILES string of the molecule is Cc1ccc(C)c(N2C/C=C\CCC(=O)N(C)[C@@H](C)[C@H](c3ccccc3)OC(=O)[C@@H]3[C@H]4C(=O)N([C@@H](CO)Cc5ccccc5)[C@H](C2=O)[C@]42C=C[C@H]3O2)c1. The summed E-state index contributed by atoms with van der Waals surface area (Å²) < 4.78 is 13.1. The number of carbonyl (C=O) groups excluding carboxylic acids is 4. The number of fused-ring (bicyclic) bond motifs is 2. The maximum Gasteiger partial charge on any atom is 0.313 e. The van der Waals surface area contributed by atoms with Crippen molar-refractivity contribution in [3.05, 3.63) is 125 Å². The third-order valence-corrected chi connectivity index (χ3v) is 11.5. The molecule has 1 spiro atoms. The first-order chi connectivity index (χ1) is 25.6. The van der Waals surface area contributed by atoms with Gasteiger partial charge in [-0.15, -0.1) is 0 Å². The topological polar surface area (TPSA) is 117 Å². The zero-order valence-electron chi connectivity index (χ0n) is 30.6. The van der Waals surface area contributed by atoms with E-state index in [4.69, 9.17) is 9.47 Å². The Balaban J connectivity index is 1.37. The highest BCUT2D eigenvalue weighted by Crippen LogP contribution is 2.56. The van der Waals surface area contributed by atoms with Crippen molar-refractivity contribution in [3.8, 4) is 0 Å². The van der Waals surface area contributed by atoms with Crippen LogP contribution in [0.2, 0.25) is 0 Å². The molecule has 3 aromatic rings. The van der Waals surface area contributed by atoms with Crippen LogP contribution in [-0.2, 0) is 35.1 Å². The summed E-state index contributed by atoms with van der Waals surface area (Å²) in [5.74, 6) is -3.73. The van der Waals surface area contributed by atoms with E-state index in [2.05, 4.69) is 0 Å². The normalized spacial score (nSPS) is 30.1. The number of likely N-dealkylation sites (N-methyl/N-ethyl adjacent to an activating group) is 1. The Morgan fingerprint density at radius 1 is 0.925 bits per heavy atom. The van der Waals surface area contributed by atoms with Gasteiger partial charge in [-0.2, -0.15) is 0 Å². The van der Waals surface area contributed by atoms with Crippen molar-refractivity contribution in [2.75, 3.05) is 25.1 Å². The average Bonchev–Trinajstić information content (AvgIpc) is 3.82. The van der Waals surface area contributed by atoms with E-state index in [0.717, 1.165) is 16.7 Å². The predicted octanol–water partition coefficient (Wildman–Crippen LogP) is 4.87. The van der Waals surface area contributed by atoms with Gasteiger partial charge in [-0.25, -0.2) is 0 Å². The molecule has 0 radical (unpaired) electrons. The number of esters is 1. The molecule has 2 saturated heterocycles. The summed E-state index contributed by atoms with van der Waals surface area (Å²) in [4.78, 5) is 63.2. The molecule has 0 unspecified atom stereocenters. The molecule has 53 heavy (non-hydrogen) atoms. The smallest absolute Gasteiger partial charge is 0.313 e. The minimum atomic E-state index is -1.49. The highest BCUT2D eigenvalue weighted by molar-refractivity contribution is 6.06. The van der Waals surface area contributed by atoms with Crippen LogP contribution < -0.4 is 4.90 Å². The number of carbonyl (C=O) groups is 4. The molecule has 0 aromatic heterocycles. The van der Waals surface area contributed by atoms with Crippen LogP contribution >= 0.6 is 0 Å². The predicted molar refractivity (Wildman–Crippen MR) is 200 cm³/mol. The molecule has 2 fully saturated rings. The van der Waals surface area contributed by atoms with Crippen LogP contribution in [0.5, 0.6) is 0 Å². The van der Waals surface area contributed by atoms with Gasteiger partial charge in [-0.3, -0.25) is 19.2 Å². The number of allylic oxidation sites excluding steroid dienone is 1. The number of benzene rings is 3. The number of nitrogens with zero attached hydrogens (tertiary/aromatic N) is 3. The zero-order chi connectivity index (χ0) is 37.4. The van der Waals surface area contributed by atoms with E-state index in [1.807, 2.05) is 112 Å². The number of cyclic esters (lactones) is 1. The molecule has 4 aliphatic heterocycles. The van der Waals surface area contributed by atoms with E-state index in [1.54, 1.807) is 29.0 Å². The van der Waals surface area contributed by atoms with Gasteiger partial charge in [0.15, 0.2) is 0 Å². The van der Waals surface area contributed by atoms with E-state index >= 15 is 9.59 Å². The first-order valence-corrected chi connectivity index (χ1v) is 18.4. The third kappa shape index (κ3) is 6.48. The molecule has 0 saturated carbocycles. The second kappa shape index (κ2) is 14.8. The van der Waals surface area contributed by atoms with Crippen LogP contribution in [0.1, 0.15) is 48.1 Å². The average molecular weight is 718 g/mol. The lowest BCUT2D eigenvalue weighted by molar-refractivity contribution is -0.164. The summed E-state index contributed by atoms with van der Waals surface area (Å²) in [7, 11) is 1.71. The van der Waals surface area contributed by atoms with Crippen molar-refractivity contribution in [2.24, 2.45) is 11.8 Å². The summed E-state index contributed by atoms with van der Waals surface area (Å²) in [6.45, 7) is 5.49. The molecule has 10 heteroatoms. The second-order valence-corrected chi connectivity index (χ2v) is 14.7. The number of aliphatic hydroxyl groups excluding tert-OH is 1. The Hall–Kier alpha value is -5.06. The van der Waals surface area contributed by atoms with Crippen LogP contribution in [0.25, 0.3) is 0 Å². The van der Waals surface area contributed by atoms with Gasteiger partial charge < -0.3 is 29.3 Å². The van der Waals surface area contributed by atoms with Crippen molar-refractivity contribution >= 4 is 29.4 Å². The molecule has 5 bridgehead atoms. The summed E-state index contributed by atoms with van der Waals surface area (Å²) in [5, 5.41) is 11.0. The Morgan fingerprint density at radius 3 is 2.36 bits per heavy atom. The van der Waals surface area contributed by atoms with Crippen molar-refractivity contribution in [1.29, 1.82) is 0 Å². The first kappa shape index (κ1) is 36.3. The summed E-state index contributed by atoms with van der Waals surface area (Å²) >= 11 is 0. The lowest BCUT2D eigenvalue weighted by Gasteiger charge is -2.39. The van der Waals surface area contributed by atoms with E-state index in [1.165, 1.54) is 4.90 Å². The summed E-state index contributed by atoms with van der Waals surface area (Å²) in [6, 6.07) is 22.2. The lowest BCUT2D eigenvalue weighted by atomic mass is 9.74. The molecule has 8 atom stereocenters. The maximum absolute atomic E-state index is 15.4. The fourth-order valence-electron chi connectivity index (χ4n) is 8.55. The van der Waals surface area contributed by atoms with Gasteiger partial charge in [0.1, 0.15) is 23.7 Å². The van der Waals surface area contributed by atoms with E-state index in [0.29, 0.717) is 17.7 Å². The number of aliphatic hydroxyl groups is 1. The molecule has 4 heterocycles. The number of hydrogen-bond donors (Lipinski definition) is 1. The number of ether oxygens (including phenoxy) is 2. The lowest BCUT2D eigenvalue weighted by Crippen LogP contribution is -2.59. The monoisotopic (exact) mass is 717 g/mol. The second-order valence-electron chi connectivity index (χ2n) is 14.7. The van der Waals surface area contributed by atoms with Crippen molar-refractivity contribution in [1.82, 2.24) is 9.80 Å². The highest BCUT2D eigenvalue weighted by atomic mass is 16.6. The van der Waals surface area contributed by atoms with Crippen LogP contribution in [-0.4, -0.2) is 88.6 Å². The third-order valence-electron chi connectivity index (χ3n) is 11.5. The van der Waals surface area contributed by atoms with Crippen LogP contribution in [0, 0.1) is 25.7 Å². The van der Waals surface area contributed by atoms with Gasteiger partial charge >= 0.3 is 5.97 Å². The van der Waals surface area contributed by atoms with Crippen molar-refractivity contribution < 1.29 is 33.8 Å². The van der Waals surface area contributed by atoms with Gasteiger partial charge in [0, 0.05) is 25.7 Å². The van der Waals surface area contributed by atoms with E-state index < -0.39 is 66.3 Å². The first-order valence-electron chi connectivity index (χ1n) is 18.4. The molecular weight excluding hydrogens is 670 g/mol. The Morgan fingerprint density at radius 2 is 1.64 bits per heavy atom. The van der Waals surface area contributed by atoms with Gasteiger partial charge in [0.25, 0.3) is 5.91 Å².